The van der Waals surface area contributed by atoms with E-state index < -0.39 is 0 Å². The van der Waals surface area contributed by atoms with Crippen LogP contribution in [-0.2, 0) is 5.41 Å². The molecule has 0 atom stereocenters. The van der Waals surface area contributed by atoms with Crippen LogP contribution in [0.25, 0.3) is 0 Å². The van der Waals surface area contributed by atoms with Crippen LogP contribution in [0.2, 0.25) is 0 Å². The van der Waals surface area contributed by atoms with E-state index in [0.717, 1.165) is 22.5 Å². The van der Waals surface area contributed by atoms with Gasteiger partial charge in [-0.2, -0.15) is 0 Å². The lowest BCUT2D eigenvalue weighted by Gasteiger charge is -2.19. The fourth-order valence-electron chi connectivity index (χ4n) is 1.98. The van der Waals surface area contributed by atoms with Gasteiger partial charge in [-0.25, -0.2) is 0 Å². The molecule has 3 heteroatoms. The quantitative estimate of drug-likeness (QED) is 0.747. The molecule has 2 aromatic carbocycles. The van der Waals surface area contributed by atoms with E-state index in [2.05, 4.69) is 54.2 Å². The Hall–Kier alpha value is -1.48. The highest BCUT2D eigenvalue weighted by Crippen LogP contribution is 2.24. The van der Waals surface area contributed by atoms with Crippen molar-refractivity contribution in [1.82, 2.24) is 0 Å². The zero-order valence-electron chi connectivity index (χ0n) is 12.8. The number of halogens is 1. The molecule has 2 rings (SSSR count). The van der Waals surface area contributed by atoms with E-state index in [1.54, 1.807) is 0 Å². The second-order valence-electron chi connectivity index (χ2n) is 6.06. The molecule has 0 bridgehead atoms. The summed E-state index contributed by atoms with van der Waals surface area (Å²) in [5.74, 6) is 0.917. The number of anilines is 1. The molecule has 0 aliphatic rings. The number of rotatable bonds is 5. The molecule has 0 saturated heterocycles. The molecule has 0 saturated carbocycles. The minimum atomic E-state index is 0.182. The molecule has 0 aliphatic heterocycles. The van der Waals surface area contributed by atoms with Gasteiger partial charge in [0.05, 0.1) is 0 Å². The van der Waals surface area contributed by atoms with Crippen LogP contribution >= 0.6 is 15.9 Å². The number of ether oxygens (including phenoxy) is 1. The number of nitrogens with one attached hydrogen (secondary N) is 1. The van der Waals surface area contributed by atoms with Crippen LogP contribution in [0.3, 0.4) is 0 Å². The number of hydrogen-bond donors (Lipinski definition) is 1. The van der Waals surface area contributed by atoms with E-state index in [9.17, 15) is 0 Å². The summed E-state index contributed by atoms with van der Waals surface area (Å²) in [5, 5.41) is 3.33. The average molecular weight is 348 g/mol. The summed E-state index contributed by atoms with van der Waals surface area (Å²) in [7, 11) is 0. The predicted octanol–water partition coefficient (Wildman–Crippen LogP) is 5.24. The number of hydrogen-bond acceptors (Lipinski definition) is 2. The van der Waals surface area contributed by atoms with Crippen LogP contribution < -0.4 is 10.1 Å². The Labute approximate surface area is 135 Å². The molecule has 0 unspecified atom stereocenters. The van der Waals surface area contributed by atoms with E-state index in [1.807, 2.05) is 36.4 Å². The van der Waals surface area contributed by atoms with Gasteiger partial charge in [-0.1, -0.05) is 48.8 Å². The fraction of sp³-hybridized carbons (Fsp3) is 0.333. The van der Waals surface area contributed by atoms with Crippen LogP contribution in [0.15, 0.2) is 53.0 Å². The fourth-order valence-corrected chi connectivity index (χ4v) is 2.25. The van der Waals surface area contributed by atoms with Crippen molar-refractivity contribution in [2.75, 3.05) is 18.5 Å². The summed E-state index contributed by atoms with van der Waals surface area (Å²) in [6.45, 7) is 8.06. The Balaban J connectivity index is 1.77. The zero-order chi connectivity index (χ0) is 15.3. The lowest BCUT2D eigenvalue weighted by Crippen LogP contribution is -2.12. The molecule has 0 aromatic heterocycles. The Kier molecular flexibility index (Phi) is 5.29. The Morgan fingerprint density at radius 1 is 0.952 bits per heavy atom. The third kappa shape index (κ3) is 5.09. The van der Waals surface area contributed by atoms with Gasteiger partial charge in [-0.3, -0.25) is 0 Å². The molecule has 21 heavy (non-hydrogen) atoms. The van der Waals surface area contributed by atoms with Crippen molar-refractivity contribution in [2.45, 2.75) is 26.2 Å². The van der Waals surface area contributed by atoms with Gasteiger partial charge in [0, 0.05) is 16.7 Å². The Morgan fingerprint density at radius 2 is 1.57 bits per heavy atom. The molecule has 0 spiro atoms. The minimum Gasteiger partial charge on any atom is -0.492 e. The average Bonchev–Trinajstić information content (AvgIpc) is 2.45. The van der Waals surface area contributed by atoms with Crippen LogP contribution in [0.4, 0.5) is 5.69 Å². The molecule has 0 radical (unpaired) electrons. The van der Waals surface area contributed by atoms with Crippen LogP contribution in [0.1, 0.15) is 26.3 Å². The molecule has 0 aliphatic carbocycles. The monoisotopic (exact) mass is 347 g/mol. The maximum Gasteiger partial charge on any atom is 0.119 e. The molecular weight excluding hydrogens is 326 g/mol. The Morgan fingerprint density at radius 3 is 2.14 bits per heavy atom. The molecular formula is C18H22BrNO. The highest BCUT2D eigenvalue weighted by Gasteiger charge is 2.12. The Bertz CT molecular complexity index is 555. The molecule has 0 fully saturated rings. The van der Waals surface area contributed by atoms with Crippen molar-refractivity contribution in [3.8, 4) is 5.75 Å². The van der Waals surface area contributed by atoms with E-state index in [1.165, 1.54) is 5.56 Å². The first-order valence-electron chi connectivity index (χ1n) is 7.18. The minimum absolute atomic E-state index is 0.182. The summed E-state index contributed by atoms with van der Waals surface area (Å²) < 4.78 is 6.83. The number of benzene rings is 2. The summed E-state index contributed by atoms with van der Waals surface area (Å²) in [6.07, 6.45) is 0. The van der Waals surface area contributed by atoms with Gasteiger partial charge in [0.25, 0.3) is 0 Å². The van der Waals surface area contributed by atoms with Crippen molar-refractivity contribution in [2.24, 2.45) is 0 Å². The lowest BCUT2D eigenvalue weighted by molar-refractivity contribution is 0.332. The first kappa shape index (κ1) is 15.9. The van der Waals surface area contributed by atoms with Crippen LogP contribution in [0.5, 0.6) is 5.75 Å². The summed E-state index contributed by atoms with van der Waals surface area (Å²) in [5.41, 5.74) is 2.61. The third-order valence-corrected chi connectivity index (χ3v) is 3.79. The van der Waals surface area contributed by atoms with E-state index >= 15 is 0 Å². The first-order chi connectivity index (χ1) is 9.95. The molecule has 112 valence electrons. The summed E-state index contributed by atoms with van der Waals surface area (Å²) >= 11 is 3.43. The van der Waals surface area contributed by atoms with Crippen molar-refractivity contribution in [3.05, 3.63) is 58.6 Å². The SMILES string of the molecule is CC(C)(C)c1ccc(OCCNc2ccc(Br)cc2)cc1. The van der Waals surface area contributed by atoms with Crippen molar-refractivity contribution in [3.63, 3.8) is 0 Å². The van der Waals surface area contributed by atoms with Gasteiger partial charge in [-0.05, 0) is 47.4 Å². The van der Waals surface area contributed by atoms with Crippen LogP contribution in [0, 0.1) is 0 Å². The van der Waals surface area contributed by atoms with Gasteiger partial charge in [-0.15, -0.1) is 0 Å². The largest absolute Gasteiger partial charge is 0.492 e. The lowest BCUT2D eigenvalue weighted by atomic mass is 9.87. The van der Waals surface area contributed by atoms with E-state index in [0.29, 0.717) is 6.61 Å². The highest BCUT2D eigenvalue weighted by atomic mass is 79.9. The standard InChI is InChI=1S/C18H22BrNO/c1-18(2,3)14-4-10-17(11-5-14)21-13-12-20-16-8-6-15(19)7-9-16/h4-11,20H,12-13H2,1-3H3. The molecule has 1 N–H and O–H groups in total. The van der Waals surface area contributed by atoms with Crippen molar-refractivity contribution in [1.29, 1.82) is 0 Å². The molecule has 0 heterocycles. The maximum atomic E-state index is 5.75. The van der Waals surface area contributed by atoms with Gasteiger partial charge in [0.2, 0.25) is 0 Å². The van der Waals surface area contributed by atoms with E-state index in [4.69, 9.17) is 4.74 Å². The second kappa shape index (κ2) is 6.99. The van der Waals surface area contributed by atoms with Crippen molar-refractivity contribution >= 4 is 21.6 Å². The third-order valence-electron chi connectivity index (χ3n) is 3.26. The first-order valence-corrected chi connectivity index (χ1v) is 7.97. The van der Waals surface area contributed by atoms with Gasteiger partial charge in [0.1, 0.15) is 12.4 Å². The summed E-state index contributed by atoms with van der Waals surface area (Å²) in [4.78, 5) is 0. The van der Waals surface area contributed by atoms with Crippen LogP contribution in [-0.4, -0.2) is 13.2 Å². The highest BCUT2D eigenvalue weighted by molar-refractivity contribution is 9.10. The van der Waals surface area contributed by atoms with Gasteiger partial charge < -0.3 is 10.1 Å². The second-order valence-corrected chi connectivity index (χ2v) is 6.97. The maximum absolute atomic E-state index is 5.75. The normalized spacial score (nSPS) is 11.2. The zero-order valence-corrected chi connectivity index (χ0v) is 14.4. The molecule has 2 nitrogen and oxygen atoms in total. The predicted molar refractivity (Wildman–Crippen MR) is 93.3 cm³/mol. The molecule has 2 aromatic rings. The topological polar surface area (TPSA) is 21.3 Å². The van der Waals surface area contributed by atoms with Crippen molar-refractivity contribution < 1.29 is 4.74 Å². The van der Waals surface area contributed by atoms with E-state index in [-0.39, 0.29) is 5.41 Å². The van der Waals surface area contributed by atoms with Gasteiger partial charge in [0.15, 0.2) is 0 Å². The summed E-state index contributed by atoms with van der Waals surface area (Å²) in [6, 6.07) is 16.5. The smallest absolute Gasteiger partial charge is 0.119 e. The molecule has 0 amide bonds. The van der Waals surface area contributed by atoms with Gasteiger partial charge >= 0.3 is 0 Å².